The fourth-order valence-corrected chi connectivity index (χ4v) is 3.75. The van der Waals surface area contributed by atoms with Gasteiger partial charge in [0.1, 0.15) is 0 Å². The molecule has 5 heteroatoms. The maximum absolute atomic E-state index is 11.9. The van der Waals surface area contributed by atoms with Crippen molar-refractivity contribution < 1.29 is 19.4 Å². The number of carboxylic acids is 1. The van der Waals surface area contributed by atoms with E-state index in [9.17, 15) is 14.7 Å². The van der Waals surface area contributed by atoms with Crippen molar-refractivity contribution in [3.05, 3.63) is 28.8 Å². The minimum atomic E-state index is -0.838. The van der Waals surface area contributed by atoms with Crippen LogP contribution in [0.4, 0.5) is 5.69 Å². The fraction of sp³-hybridized carbons (Fsp3) is 0.550. The number of fused-ring (bicyclic) bond motifs is 1. The number of aryl methyl sites for hydroxylation is 1. The molecule has 2 rings (SSSR count). The predicted octanol–water partition coefficient (Wildman–Crippen LogP) is 4.43. The molecular formula is C20H27NO4. The zero-order valence-corrected chi connectivity index (χ0v) is 15.7. The highest BCUT2D eigenvalue weighted by Crippen LogP contribution is 2.48. The number of methoxy groups -OCH3 is 1. The summed E-state index contributed by atoms with van der Waals surface area (Å²) < 4.78 is 4.81. The molecule has 0 bridgehead atoms. The van der Waals surface area contributed by atoms with Crippen LogP contribution in [-0.4, -0.2) is 29.9 Å². The van der Waals surface area contributed by atoms with Gasteiger partial charge < -0.3 is 9.84 Å². The topological polar surface area (TPSA) is 76.0 Å². The average Bonchev–Trinajstić information content (AvgIpc) is 2.87. The Bertz CT molecular complexity index is 723. The predicted molar refractivity (Wildman–Crippen MR) is 97.9 cm³/mol. The number of ether oxygens (including phenoxy) is 1. The number of carboxylic acid groups (broad SMARTS) is 1. The van der Waals surface area contributed by atoms with E-state index in [1.807, 2.05) is 13.8 Å². The van der Waals surface area contributed by atoms with Crippen molar-refractivity contribution in [3.8, 4) is 0 Å². The van der Waals surface area contributed by atoms with Crippen LogP contribution in [0.15, 0.2) is 17.1 Å². The van der Waals surface area contributed by atoms with Crippen molar-refractivity contribution >= 4 is 23.3 Å². The molecule has 2 atom stereocenters. The lowest BCUT2D eigenvalue weighted by Gasteiger charge is -2.33. The highest BCUT2D eigenvalue weighted by atomic mass is 16.5. The summed E-state index contributed by atoms with van der Waals surface area (Å²) in [5, 5.41) is 9.67. The molecule has 0 radical (unpaired) electrons. The third-order valence-corrected chi connectivity index (χ3v) is 5.36. The minimum Gasteiger partial charge on any atom is -0.481 e. The van der Waals surface area contributed by atoms with E-state index in [0.717, 1.165) is 42.5 Å². The normalized spacial score (nSPS) is 20.0. The summed E-state index contributed by atoms with van der Waals surface area (Å²) in [6.07, 6.45) is 3.92. The van der Waals surface area contributed by atoms with Gasteiger partial charge in [-0.15, -0.1) is 0 Å². The monoisotopic (exact) mass is 345 g/mol. The van der Waals surface area contributed by atoms with Crippen molar-refractivity contribution in [3.63, 3.8) is 0 Å². The Morgan fingerprint density at radius 1 is 1.32 bits per heavy atom. The number of aliphatic carboxylic acids is 1. The molecule has 1 aliphatic rings. The van der Waals surface area contributed by atoms with Gasteiger partial charge in [-0.1, -0.05) is 26.7 Å². The van der Waals surface area contributed by atoms with E-state index in [0.29, 0.717) is 11.3 Å². The number of hydrogen-bond donors (Lipinski definition) is 1. The molecule has 136 valence electrons. The van der Waals surface area contributed by atoms with Gasteiger partial charge in [-0.2, -0.15) is 0 Å². The van der Waals surface area contributed by atoms with Gasteiger partial charge in [0.15, 0.2) is 0 Å². The Balaban J connectivity index is 2.57. The van der Waals surface area contributed by atoms with Crippen molar-refractivity contribution in [2.24, 2.45) is 10.9 Å². The number of hydrogen-bond acceptors (Lipinski definition) is 4. The van der Waals surface area contributed by atoms with Crippen molar-refractivity contribution in [2.45, 2.75) is 58.8 Å². The first-order chi connectivity index (χ1) is 11.8. The van der Waals surface area contributed by atoms with Gasteiger partial charge in [0.2, 0.25) is 0 Å². The molecule has 2 unspecified atom stereocenters. The molecule has 25 heavy (non-hydrogen) atoms. The second kappa shape index (κ2) is 7.38. The van der Waals surface area contributed by atoms with E-state index in [1.54, 1.807) is 19.1 Å². The van der Waals surface area contributed by atoms with Crippen LogP contribution in [-0.2, 0) is 14.9 Å². The smallest absolute Gasteiger partial charge is 0.337 e. The Morgan fingerprint density at radius 2 is 2.00 bits per heavy atom. The van der Waals surface area contributed by atoms with Gasteiger partial charge in [0.25, 0.3) is 0 Å². The maximum Gasteiger partial charge on any atom is 0.337 e. The summed E-state index contributed by atoms with van der Waals surface area (Å²) in [7, 11) is 1.35. The first-order valence-corrected chi connectivity index (χ1v) is 8.81. The van der Waals surface area contributed by atoms with Crippen LogP contribution in [0.3, 0.4) is 0 Å². The van der Waals surface area contributed by atoms with Gasteiger partial charge in [0, 0.05) is 11.1 Å². The van der Waals surface area contributed by atoms with Crippen LogP contribution in [0.5, 0.6) is 0 Å². The Morgan fingerprint density at radius 3 is 2.56 bits per heavy atom. The number of nitrogens with zero attached hydrogens (tertiary/aromatic N) is 1. The molecule has 1 aromatic carbocycles. The maximum atomic E-state index is 11.9. The molecule has 5 nitrogen and oxygen atoms in total. The first-order valence-electron chi connectivity index (χ1n) is 8.81. The van der Waals surface area contributed by atoms with E-state index in [-0.39, 0.29) is 0 Å². The fourth-order valence-electron chi connectivity index (χ4n) is 3.75. The second-order valence-corrected chi connectivity index (χ2v) is 6.96. The summed E-state index contributed by atoms with van der Waals surface area (Å²) in [6.45, 7) is 7.74. The molecule has 0 spiro atoms. The standard InChI is InChI=1S/C20H27NO4/c1-6-7-8-9-16-20(4,13(3)18(22)23)17-12(2)10-14(19(24)25-5)11-15(17)21-16/h10-11,13H,6-9H2,1-5H3,(H,22,23). The van der Waals surface area contributed by atoms with Crippen LogP contribution in [0.1, 0.15) is 67.9 Å². The molecule has 0 aliphatic carbocycles. The number of benzene rings is 1. The molecule has 1 aromatic rings. The molecule has 0 saturated carbocycles. The van der Waals surface area contributed by atoms with E-state index in [1.165, 1.54) is 7.11 Å². The lowest BCUT2D eigenvalue weighted by atomic mass is 9.67. The molecule has 0 saturated heterocycles. The SMILES string of the molecule is CCCCCC1=Nc2cc(C(=O)OC)cc(C)c2C1(C)C(C)C(=O)O. The highest BCUT2D eigenvalue weighted by molar-refractivity contribution is 6.05. The third-order valence-electron chi connectivity index (χ3n) is 5.36. The van der Waals surface area contributed by atoms with Crippen molar-refractivity contribution in [2.75, 3.05) is 7.11 Å². The number of aliphatic imine (C=N–C) groups is 1. The van der Waals surface area contributed by atoms with Gasteiger partial charge >= 0.3 is 11.9 Å². The van der Waals surface area contributed by atoms with E-state index in [4.69, 9.17) is 9.73 Å². The van der Waals surface area contributed by atoms with Gasteiger partial charge in [-0.05, 0) is 49.9 Å². The van der Waals surface area contributed by atoms with Gasteiger partial charge in [0.05, 0.1) is 24.3 Å². The number of carbonyl (C=O) groups excluding carboxylic acids is 1. The molecule has 1 heterocycles. The largest absolute Gasteiger partial charge is 0.481 e. The average molecular weight is 345 g/mol. The van der Waals surface area contributed by atoms with Crippen molar-refractivity contribution in [1.29, 1.82) is 0 Å². The Kier molecular flexibility index (Phi) is 5.65. The second-order valence-electron chi connectivity index (χ2n) is 6.96. The number of rotatable bonds is 7. The number of unbranched alkanes of at least 4 members (excludes halogenated alkanes) is 2. The molecular weight excluding hydrogens is 318 g/mol. The highest BCUT2D eigenvalue weighted by Gasteiger charge is 2.47. The quantitative estimate of drug-likeness (QED) is 0.586. The van der Waals surface area contributed by atoms with Gasteiger partial charge in [-0.3, -0.25) is 9.79 Å². The molecule has 0 fully saturated rings. The molecule has 1 N–H and O–H groups in total. The van der Waals surface area contributed by atoms with Gasteiger partial charge in [-0.25, -0.2) is 4.79 Å². The van der Waals surface area contributed by atoms with E-state index < -0.39 is 23.3 Å². The van der Waals surface area contributed by atoms with Crippen LogP contribution in [0.2, 0.25) is 0 Å². The van der Waals surface area contributed by atoms with Crippen LogP contribution >= 0.6 is 0 Å². The number of carbonyl (C=O) groups is 2. The third kappa shape index (κ3) is 3.32. The lowest BCUT2D eigenvalue weighted by Crippen LogP contribution is -2.41. The molecule has 0 amide bonds. The summed E-state index contributed by atoms with van der Waals surface area (Å²) in [5.74, 6) is -1.85. The van der Waals surface area contributed by atoms with Crippen LogP contribution in [0.25, 0.3) is 0 Å². The Labute approximate surface area is 149 Å². The lowest BCUT2D eigenvalue weighted by molar-refractivity contribution is -0.142. The summed E-state index contributed by atoms with van der Waals surface area (Å²) in [4.78, 5) is 28.4. The number of esters is 1. The van der Waals surface area contributed by atoms with Crippen molar-refractivity contribution in [1.82, 2.24) is 0 Å². The van der Waals surface area contributed by atoms with Crippen LogP contribution in [0, 0.1) is 12.8 Å². The summed E-state index contributed by atoms with van der Waals surface area (Å²) in [5.41, 5.74) is 3.18. The zero-order chi connectivity index (χ0) is 18.8. The zero-order valence-electron chi connectivity index (χ0n) is 15.7. The minimum absolute atomic E-state index is 0.409. The molecule has 1 aliphatic heterocycles. The summed E-state index contributed by atoms with van der Waals surface area (Å²) >= 11 is 0. The Hall–Kier alpha value is -2.17. The molecule has 0 aromatic heterocycles. The van der Waals surface area contributed by atoms with E-state index in [2.05, 4.69) is 6.92 Å². The summed E-state index contributed by atoms with van der Waals surface area (Å²) in [6, 6.07) is 3.48. The van der Waals surface area contributed by atoms with E-state index >= 15 is 0 Å². The first kappa shape index (κ1) is 19.2. The van der Waals surface area contributed by atoms with Crippen LogP contribution < -0.4 is 0 Å².